The fourth-order valence-electron chi connectivity index (χ4n) is 12.0. The second-order valence-electron chi connectivity index (χ2n) is 18.2. The first kappa shape index (κ1) is 38.2. The average Bonchev–Trinajstić information content (AvgIpc) is 4.16. The Morgan fingerprint density at radius 1 is 0.343 bits per heavy atom. The molecular formula is C64H36N6. The van der Waals surface area contributed by atoms with Crippen LogP contribution in [0.5, 0.6) is 0 Å². The summed E-state index contributed by atoms with van der Waals surface area (Å²) in [5.74, 6) is 0. The van der Waals surface area contributed by atoms with Gasteiger partial charge in [-0.05, 0) is 94.3 Å². The van der Waals surface area contributed by atoms with Gasteiger partial charge in [0, 0.05) is 54.5 Å². The van der Waals surface area contributed by atoms with Crippen LogP contribution >= 0.6 is 0 Å². The molecule has 322 valence electrons. The average molecular weight is 889 g/mol. The van der Waals surface area contributed by atoms with Gasteiger partial charge in [-0.2, -0.15) is 5.26 Å². The van der Waals surface area contributed by atoms with Crippen LogP contribution in [0.1, 0.15) is 5.56 Å². The quantitative estimate of drug-likeness (QED) is 0.162. The van der Waals surface area contributed by atoms with E-state index in [1.807, 2.05) is 12.1 Å². The van der Waals surface area contributed by atoms with Crippen molar-refractivity contribution in [3.8, 4) is 28.8 Å². The van der Waals surface area contributed by atoms with Gasteiger partial charge in [0.1, 0.15) is 6.07 Å². The van der Waals surface area contributed by atoms with E-state index < -0.39 is 0 Å². The molecule has 15 aromatic rings. The summed E-state index contributed by atoms with van der Waals surface area (Å²) in [6, 6.07) is 79.6. The maximum atomic E-state index is 11.6. The number of nitrogens with zero attached hydrogens (tertiary/aromatic N) is 6. The lowest BCUT2D eigenvalue weighted by Gasteiger charge is -2.17. The van der Waals surface area contributed by atoms with Crippen molar-refractivity contribution >= 4 is 114 Å². The molecule has 0 saturated carbocycles. The van der Waals surface area contributed by atoms with Gasteiger partial charge in [0.2, 0.25) is 5.69 Å². The summed E-state index contributed by atoms with van der Waals surface area (Å²) in [4.78, 5) is 4.39. The van der Waals surface area contributed by atoms with Gasteiger partial charge in [0.25, 0.3) is 0 Å². The Kier molecular flexibility index (Phi) is 7.82. The number of rotatable bonds is 4. The lowest BCUT2D eigenvalue weighted by atomic mass is 10.0. The minimum atomic E-state index is 0.445. The second kappa shape index (κ2) is 14.3. The first-order valence-corrected chi connectivity index (χ1v) is 23.5. The largest absolute Gasteiger partial charge is 0.318 e. The van der Waals surface area contributed by atoms with E-state index in [1.165, 1.54) is 0 Å². The number of benzene rings is 11. The molecule has 0 radical (unpaired) electrons. The summed E-state index contributed by atoms with van der Waals surface area (Å²) in [6.07, 6.45) is 0. The van der Waals surface area contributed by atoms with Crippen LogP contribution in [0.2, 0.25) is 0 Å². The van der Waals surface area contributed by atoms with Crippen LogP contribution in [0.25, 0.3) is 136 Å². The topological polar surface area (TPSA) is 47.9 Å². The van der Waals surface area contributed by atoms with Gasteiger partial charge in [-0.3, -0.25) is 0 Å². The van der Waals surface area contributed by atoms with Gasteiger partial charge in [-0.1, -0.05) is 146 Å². The monoisotopic (exact) mass is 888 g/mol. The van der Waals surface area contributed by atoms with Crippen molar-refractivity contribution in [1.29, 1.82) is 5.26 Å². The molecule has 0 amide bonds. The van der Waals surface area contributed by atoms with E-state index in [0.717, 1.165) is 120 Å². The van der Waals surface area contributed by atoms with Crippen molar-refractivity contribution in [2.45, 2.75) is 0 Å². The number of para-hydroxylation sites is 4. The van der Waals surface area contributed by atoms with E-state index in [4.69, 9.17) is 6.57 Å². The maximum Gasteiger partial charge on any atom is 0.212 e. The molecule has 70 heavy (non-hydrogen) atoms. The van der Waals surface area contributed by atoms with Crippen LogP contribution in [-0.2, 0) is 0 Å². The Hall–Kier alpha value is -9.88. The summed E-state index contributed by atoms with van der Waals surface area (Å²) in [7, 11) is 0. The lowest BCUT2D eigenvalue weighted by Crippen LogP contribution is -2.02. The fourth-order valence-corrected chi connectivity index (χ4v) is 12.0. The van der Waals surface area contributed by atoms with Crippen LogP contribution < -0.4 is 0 Å². The van der Waals surface area contributed by atoms with E-state index in [-0.39, 0.29) is 0 Å². The normalized spacial score (nSPS) is 12.0. The molecule has 0 unspecified atom stereocenters. The third-order valence-electron chi connectivity index (χ3n) is 14.8. The molecule has 0 bridgehead atoms. The van der Waals surface area contributed by atoms with Gasteiger partial charge in [-0.25, -0.2) is 4.85 Å². The Morgan fingerprint density at radius 2 is 0.757 bits per heavy atom. The predicted octanol–water partition coefficient (Wildman–Crippen LogP) is 16.8. The van der Waals surface area contributed by atoms with Gasteiger partial charge in [0.05, 0.1) is 67.6 Å². The van der Waals surface area contributed by atoms with Gasteiger partial charge in [-0.15, -0.1) is 0 Å². The van der Waals surface area contributed by atoms with Crippen molar-refractivity contribution in [3.05, 3.63) is 235 Å². The molecule has 0 aliphatic carbocycles. The molecular weight excluding hydrogens is 853 g/mol. The molecule has 0 fully saturated rings. The molecule has 0 saturated heterocycles. The number of hydrogen-bond acceptors (Lipinski definition) is 1. The molecule has 0 aliphatic heterocycles. The van der Waals surface area contributed by atoms with Crippen molar-refractivity contribution in [2.24, 2.45) is 0 Å². The first-order chi connectivity index (χ1) is 34.7. The highest BCUT2D eigenvalue weighted by Crippen LogP contribution is 2.48. The highest BCUT2D eigenvalue weighted by molar-refractivity contribution is 6.33. The Morgan fingerprint density at radius 3 is 1.24 bits per heavy atom. The van der Waals surface area contributed by atoms with Crippen LogP contribution in [0.3, 0.4) is 0 Å². The number of aromatic nitrogens is 4. The summed E-state index contributed by atoms with van der Waals surface area (Å²) >= 11 is 0. The number of hydrogen-bond donors (Lipinski definition) is 0. The molecule has 0 N–H and O–H groups in total. The summed E-state index contributed by atoms with van der Waals surface area (Å²) in [5, 5.41) is 24.9. The van der Waals surface area contributed by atoms with E-state index in [1.54, 1.807) is 0 Å². The smallest absolute Gasteiger partial charge is 0.212 e. The number of nitriles is 1. The molecule has 4 heterocycles. The Labute approximate surface area is 400 Å². The molecule has 6 heteroatoms. The SMILES string of the molecule is [C-]#[N+]c1cc(-n2c3ccccc3c3ccc4c(c5c6ccccc6ccc5n4-c4ccccc4)c32)c(C#N)cc1-n1c2ccccc2c2ccc3c(c4c5ccccc5ccc4n3-c3ccccc3)c21. The second-order valence-corrected chi connectivity index (χ2v) is 18.2. The Balaban J connectivity index is 1.10. The zero-order chi connectivity index (χ0) is 46.2. The molecule has 6 nitrogen and oxygen atoms in total. The summed E-state index contributed by atoms with van der Waals surface area (Å²) in [5.41, 5.74) is 12.6. The lowest BCUT2D eigenvalue weighted by molar-refractivity contribution is 1.14. The fraction of sp³-hybridized carbons (Fsp3) is 0. The minimum Gasteiger partial charge on any atom is -0.318 e. The predicted molar refractivity (Wildman–Crippen MR) is 290 cm³/mol. The third kappa shape index (κ3) is 5.03. The van der Waals surface area contributed by atoms with Gasteiger partial charge >= 0.3 is 0 Å². The Bertz CT molecular complexity index is 4530. The zero-order valence-electron chi connectivity index (χ0n) is 37.5. The highest BCUT2D eigenvalue weighted by Gasteiger charge is 2.27. The molecule has 11 aromatic carbocycles. The molecule has 0 atom stereocenters. The van der Waals surface area contributed by atoms with E-state index in [0.29, 0.717) is 22.6 Å². The van der Waals surface area contributed by atoms with Crippen LogP contribution in [-0.4, -0.2) is 18.3 Å². The van der Waals surface area contributed by atoms with Crippen LogP contribution in [0.4, 0.5) is 5.69 Å². The van der Waals surface area contributed by atoms with Crippen molar-refractivity contribution in [2.75, 3.05) is 0 Å². The molecule has 4 aromatic heterocycles. The summed E-state index contributed by atoms with van der Waals surface area (Å²) < 4.78 is 9.23. The molecule has 15 rings (SSSR count). The van der Waals surface area contributed by atoms with Crippen molar-refractivity contribution in [3.63, 3.8) is 0 Å². The van der Waals surface area contributed by atoms with Gasteiger partial charge < -0.3 is 18.3 Å². The zero-order valence-corrected chi connectivity index (χ0v) is 37.5. The third-order valence-corrected chi connectivity index (χ3v) is 14.8. The van der Waals surface area contributed by atoms with Crippen LogP contribution in [0.15, 0.2) is 218 Å². The highest BCUT2D eigenvalue weighted by atomic mass is 15.0. The molecule has 0 spiro atoms. The van der Waals surface area contributed by atoms with E-state index >= 15 is 0 Å². The maximum absolute atomic E-state index is 11.6. The van der Waals surface area contributed by atoms with E-state index in [9.17, 15) is 5.26 Å². The van der Waals surface area contributed by atoms with Crippen LogP contribution in [0, 0.1) is 17.9 Å². The minimum absolute atomic E-state index is 0.445. The van der Waals surface area contributed by atoms with E-state index in [2.05, 4.69) is 235 Å². The summed E-state index contributed by atoms with van der Waals surface area (Å²) in [6.45, 7) is 9.04. The van der Waals surface area contributed by atoms with Crippen molar-refractivity contribution in [1.82, 2.24) is 18.3 Å². The van der Waals surface area contributed by atoms with Crippen molar-refractivity contribution < 1.29 is 0 Å². The molecule has 0 aliphatic rings. The first-order valence-electron chi connectivity index (χ1n) is 23.5. The standard InChI is InChI=1S/C64H36N6/c1-66-50-37-57(69-51-26-14-12-24-46(51)48-30-34-55-61(63(48)69)59-44-22-10-8-16-39(44)28-32-53(59)67(55)42-18-4-2-5-19-42)41(38-65)36-58(50)70-52-27-15-13-25-47(52)49-31-35-56-62(64(49)70)60-45-23-11-9-17-40(45)29-33-54(60)68(56)43-20-6-3-7-21-43/h2-37H. The number of fused-ring (bicyclic) bond motifs is 18. The van der Waals surface area contributed by atoms with Gasteiger partial charge in [0.15, 0.2) is 0 Å².